The summed E-state index contributed by atoms with van der Waals surface area (Å²) in [5.74, 6) is 2.88. The van der Waals surface area contributed by atoms with E-state index in [1.165, 1.54) is 0 Å². The minimum absolute atomic E-state index is 0.283. The third-order valence-corrected chi connectivity index (χ3v) is 4.31. The molecule has 3 heteroatoms. The lowest BCUT2D eigenvalue weighted by atomic mass is 9.88. The molecule has 0 spiro atoms. The van der Waals surface area contributed by atoms with Gasteiger partial charge in [0.15, 0.2) is 0 Å². The van der Waals surface area contributed by atoms with Gasteiger partial charge in [0.1, 0.15) is 12.4 Å². The summed E-state index contributed by atoms with van der Waals surface area (Å²) in [4.78, 5) is 12.6. The Morgan fingerprint density at radius 2 is 1.76 bits per heavy atom. The molecule has 3 nitrogen and oxygen atoms in total. The van der Waals surface area contributed by atoms with E-state index in [0.717, 1.165) is 5.56 Å². The van der Waals surface area contributed by atoms with Gasteiger partial charge >= 0.3 is 5.97 Å². The molecular formula is C26H28O3. The molecule has 0 heterocycles. The van der Waals surface area contributed by atoms with Gasteiger partial charge in [0.25, 0.3) is 0 Å². The maximum atomic E-state index is 12.6. The van der Waals surface area contributed by atoms with Crippen LogP contribution >= 0.6 is 0 Å². The number of ether oxygens (including phenoxy) is 2. The Morgan fingerprint density at radius 3 is 2.38 bits per heavy atom. The third kappa shape index (κ3) is 5.86. The molecule has 0 aromatic heterocycles. The number of esters is 1. The maximum absolute atomic E-state index is 12.6. The van der Waals surface area contributed by atoms with E-state index >= 15 is 0 Å². The van der Waals surface area contributed by atoms with E-state index in [2.05, 4.69) is 12.5 Å². The van der Waals surface area contributed by atoms with E-state index in [1.54, 1.807) is 26.8 Å². The fourth-order valence-corrected chi connectivity index (χ4v) is 2.70. The standard InChI is InChI=1S/C26H28O3/c1-6-19-26(7-2,29-24(27)25(3,4)5)22-17-11-12-18-23(22)28-20-13-16-21-14-9-8-10-15-21/h2,6,8-18H,1,19-20H2,3-5H3/b16-13+. The summed E-state index contributed by atoms with van der Waals surface area (Å²) in [6.45, 7) is 9.52. The molecule has 0 radical (unpaired) electrons. The van der Waals surface area contributed by atoms with E-state index in [-0.39, 0.29) is 12.4 Å². The van der Waals surface area contributed by atoms with Crippen molar-refractivity contribution in [1.29, 1.82) is 0 Å². The van der Waals surface area contributed by atoms with E-state index in [9.17, 15) is 4.79 Å². The van der Waals surface area contributed by atoms with Gasteiger partial charge in [-0.2, -0.15) is 0 Å². The van der Waals surface area contributed by atoms with E-state index in [1.807, 2.05) is 66.7 Å². The van der Waals surface area contributed by atoms with Crippen molar-refractivity contribution in [3.63, 3.8) is 0 Å². The Bertz CT molecular complexity index is 898. The van der Waals surface area contributed by atoms with Crippen LogP contribution in [0.5, 0.6) is 5.75 Å². The zero-order chi connectivity index (χ0) is 21.3. The highest BCUT2D eigenvalue weighted by Crippen LogP contribution is 2.38. The Morgan fingerprint density at radius 1 is 1.10 bits per heavy atom. The molecule has 2 aromatic rings. The van der Waals surface area contributed by atoms with Crippen LogP contribution in [0.15, 0.2) is 73.3 Å². The van der Waals surface area contributed by atoms with Gasteiger partial charge in [0, 0.05) is 6.42 Å². The molecule has 0 aliphatic rings. The summed E-state index contributed by atoms with van der Waals surface area (Å²) in [6, 6.07) is 17.3. The van der Waals surface area contributed by atoms with Crippen molar-refractivity contribution in [2.75, 3.05) is 6.61 Å². The maximum Gasteiger partial charge on any atom is 0.313 e. The summed E-state index contributed by atoms with van der Waals surface area (Å²) >= 11 is 0. The lowest BCUT2D eigenvalue weighted by Gasteiger charge is -2.32. The van der Waals surface area contributed by atoms with Gasteiger partial charge in [-0.3, -0.25) is 4.79 Å². The largest absolute Gasteiger partial charge is 0.489 e. The summed E-state index contributed by atoms with van der Waals surface area (Å²) in [5.41, 5.74) is -0.232. The predicted octanol–water partition coefficient (Wildman–Crippen LogP) is 5.77. The van der Waals surface area contributed by atoms with Gasteiger partial charge in [-0.25, -0.2) is 0 Å². The van der Waals surface area contributed by atoms with Crippen LogP contribution in [0, 0.1) is 17.8 Å². The zero-order valence-corrected chi connectivity index (χ0v) is 17.4. The molecule has 0 bridgehead atoms. The number of hydrogen-bond acceptors (Lipinski definition) is 3. The molecule has 0 saturated carbocycles. The second kappa shape index (κ2) is 9.80. The van der Waals surface area contributed by atoms with E-state index in [0.29, 0.717) is 17.9 Å². The van der Waals surface area contributed by atoms with Crippen molar-refractivity contribution in [3.05, 3.63) is 84.5 Å². The molecule has 1 atom stereocenters. The van der Waals surface area contributed by atoms with Gasteiger partial charge < -0.3 is 9.47 Å². The van der Waals surface area contributed by atoms with Crippen molar-refractivity contribution in [2.45, 2.75) is 32.8 Å². The van der Waals surface area contributed by atoms with Crippen LogP contribution in [0.3, 0.4) is 0 Å². The second-order valence-electron chi connectivity index (χ2n) is 7.72. The minimum Gasteiger partial charge on any atom is -0.489 e. The third-order valence-electron chi connectivity index (χ3n) is 4.31. The summed E-state index contributed by atoms with van der Waals surface area (Å²) in [7, 11) is 0. The molecule has 2 aromatic carbocycles. The molecule has 1 unspecified atom stereocenters. The first kappa shape index (κ1) is 22.0. The van der Waals surface area contributed by atoms with Crippen molar-refractivity contribution < 1.29 is 14.3 Å². The summed E-state index contributed by atoms with van der Waals surface area (Å²) < 4.78 is 11.8. The average molecular weight is 389 g/mol. The number of rotatable bonds is 8. The molecule has 0 aliphatic carbocycles. The number of terminal acetylenes is 1. The molecule has 150 valence electrons. The molecule has 0 saturated heterocycles. The quantitative estimate of drug-likeness (QED) is 0.327. The van der Waals surface area contributed by atoms with Gasteiger partial charge in [0.05, 0.1) is 11.0 Å². The first-order valence-electron chi connectivity index (χ1n) is 9.58. The SMILES string of the molecule is C#CC(CC=C)(OC(=O)C(C)(C)C)c1ccccc1OC/C=C/c1ccccc1. The Hall–Kier alpha value is -3.25. The molecular weight excluding hydrogens is 360 g/mol. The van der Waals surface area contributed by atoms with Crippen molar-refractivity contribution >= 4 is 12.0 Å². The van der Waals surface area contributed by atoms with Crippen LogP contribution in [0.25, 0.3) is 6.08 Å². The molecule has 2 rings (SSSR count). The number of carbonyl (C=O) groups is 1. The molecule has 0 N–H and O–H groups in total. The molecule has 29 heavy (non-hydrogen) atoms. The highest BCUT2D eigenvalue weighted by atomic mass is 16.6. The van der Waals surface area contributed by atoms with Gasteiger partial charge in [0.2, 0.25) is 5.60 Å². The topological polar surface area (TPSA) is 35.5 Å². The first-order valence-corrected chi connectivity index (χ1v) is 9.58. The van der Waals surface area contributed by atoms with Gasteiger partial charge in [-0.05, 0) is 38.5 Å². The van der Waals surface area contributed by atoms with Crippen LogP contribution in [0.4, 0.5) is 0 Å². The Balaban J connectivity index is 2.28. The predicted molar refractivity (Wildman–Crippen MR) is 118 cm³/mol. The average Bonchev–Trinajstić information content (AvgIpc) is 2.71. The number of hydrogen-bond donors (Lipinski definition) is 0. The second-order valence-corrected chi connectivity index (χ2v) is 7.72. The van der Waals surface area contributed by atoms with E-state index < -0.39 is 11.0 Å². The summed E-state index contributed by atoms with van der Waals surface area (Å²) in [5, 5.41) is 0. The fraction of sp³-hybridized carbons (Fsp3) is 0.269. The lowest BCUT2D eigenvalue weighted by molar-refractivity contribution is -0.165. The number of benzene rings is 2. The molecule has 0 amide bonds. The van der Waals surface area contributed by atoms with Crippen LogP contribution in [-0.4, -0.2) is 12.6 Å². The van der Waals surface area contributed by atoms with Gasteiger partial charge in [-0.15, -0.1) is 13.0 Å². The number of para-hydroxylation sites is 1. The number of carbonyl (C=O) groups excluding carboxylic acids is 1. The lowest BCUT2D eigenvalue weighted by Crippen LogP contribution is -2.36. The van der Waals surface area contributed by atoms with Crippen LogP contribution < -0.4 is 4.74 Å². The molecule has 0 aliphatic heterocycles. The summed E-state index contributed by atoms with van der Waals surface area (Å²) in [6.07, 6.45) is 11.7. The zero-order valence-electron chi connectivity index (χ0n) is 17.4. The highest BCUT2D eigenvalue weighted by molar-refractivity contribution is 5.76. The van der Waals surface area contributed by atoms with Crippen molar-refractivity contribution in [3.8, 4) is 18.1 Å². The normalized spacial score (nSPS) is 13.3. The smallest absolute Gasteiger partial charge is 0.313 e. The Kier molecular flexibility index (Phi) is 7.45. The van der Waals surface area contributed by atoms with Crippen LogP contribution in [-0.2, 0) is 15.1 Å². The molecule has 0 fully saturated rings. The van der Waals surface area contributed by atoms with Crippen LogP contribution in [0.1, 0.15) is 38.3 Å². The highest BCUT2D eigenvalue weighted by Gasteiger charge is 2.39. The first-order chi connectivity index (χ1) is 13.8. The van der Waals surface area contributed by atoms with Crippen molar-refractivity contribution in [1.82, 2.24) is 0 Å². The van der Waals surface area contributed by atoms with Gasteiger partial charge in [-0.1, -0.05) is 66.6 Å². The van der Waals surface area contributed by atoms with E-state index in [4.69, 9.17) is 15.9 Å². The Labute approximate surface area is 174 Å². The van der Waals surface area contributed by atoms with Crippen LogP contribution in [0.2, 0.25) is 0 Å². The van der Waals surface area contributed by atoms with Crippen molar-refractivity contribution in [2.24, 2.45) is 5.41 Å². The monoisotopic (exact) mass is 388 g/mol. The fourth-order valence-electron chi connectivity index (χ4n) is 2.70. The minimum atomic E-state index is -1.27.